The number of nitrogens with one attached hydrogen (secondary N) is 1. The van der Waals surface area contributed by atoms with E-state index in [1.54, 1.807) is 12.1 Å². The van der Waals surface area contributed by atoms with E-state index >= 15 is 0 Å². The predicted octanol–water partition coefficient (Wildman–Crippen LogP) is 3.37. The van der Waals surface area contributed by atoms with Gasteiger partial charge >= 0.3 is 0 Å². The number of aromatic nitrogens is 2. The molecule has 2 heterocycles. The summed E-state index contributed by atoms with van der Waals surface area (Å²) in [5.74, 6) is 0.956. The largest absolute Gasteiger partial charge is 0.311 e. The maximum Gasteiger partial charge on any atom is 0.251 e. The molecule has 1 aliphatic rings. The molecule has 1 atom stereocenters. The Hall–Kier alpha value is -1.36. The fourth-order valence-electron chi connectivity index (χ4n) is 2.94. The molecule has 1 fully saturated rings. The fraction of sp³-hybridized carbons (Fsp3) is 0.375. The minimum absolute atomic E-state index is 0.0844. The van der Waals surface area contributed by atoms with E-state index < -0.39 is 0 Å². The lowest BCUT2D eigenvalue weighted by atomic mass is 10.0. The van der Waals surface area contributed by atoms with E-state index in [1.807, 2.05) is 19.1 Å². The summed E-state index contributed by atoms with van der Waals surface area (Å²) in [5, 5.41) is 1.21. The average Bonchev–Trinajstić information content (AvgIpc) is 2.91. The minimum atomic E-state index is -0.0844. The highest BCUT2D eigenvalue weighted by Gasteiger charge is 2.26. The lowest BCUT2D eigenvalue weighted by Crippen LogP contribution is -2.21. The third-order valence-corrected chi connectivity index (χ3v) is 4.85. The zero-order chi connectivity index (χ0) is 15.7. The van der Waals surface area contributed by atoms with Gasteiger partial charge in [-0.25, -0.2) is 4.98 Å². The molecule has 2 aromatic rings. The molecule has 0 spiro atoms. The molecule has 3 rings (SSSR count). The first-order chi connectivity index (χ1) is 10.5. The Bertz CT molecular complexity index is 744. The van der Waals surface area contributed by atoms with Crippen LogP contribution in [0, 0.1) is 6.92 Å². The molecule has 1 N–H and O–H groups in total. The molecule has 0 aliphatic carbocycles. The quantitative estimate of drug-likeness (QED) is 0.933. The topological polar surface area (TPSA) is 49.0 Å². The fourth-order valence-corrected chi connectivity index (χ4v) is 3.32. The maximum absolute atomic E-state index is 11.6. The Balaban J connectivity index is 1.72. The standard InChI is InChI=1S/C16H17Cl2N3O/c1-10-19-14(7-15(22)20-10)11-5-6-21(8-11)9-12-3-2-4-13(17)16(12)18/h2-4,7,11H,5-6,8-9H2,1H3,(H,19,20,22). The van der Waals surface area contributed by atoms with Crippen molar-refractivity contribution in [2.24, 2.45) is 0 Å². The van der Waals surface area contributed by atoms with Crippen LogP contribution in [0.3, 0.4) is 0 Å². The second-order valence-electron chi connectivity index (χ2n) is 5.69. The van der Waals surface area contributed by atoms with Crippen molar-refractivity contribution in [3.05, 3.63) is 61.7 Å². The van der Waals surface area contributed by atoms with Crippen molar-refractivity contribution in [1.29, 1.82) is 0 Å². The molecule has 0 saturated carbocycles. The number of nitrogens with zero attached hydrogens (tertiary/aromatic N) is 2. The normalized spacial score (nSPS) is 18.8. The van der Waals surface area contributed by atoms with Crippen LogP contribution in [0.1, 0.15) is 29.4 Å². The number of rotatable bonds is 3. The van der Waals surface area contributed by atoms with Gasteiger partial charge in [-0.15, -0.1) is 0 Å². The van der Waals surface area contributed by atoms with Crippen molar-refractivity contribution in [2.45, 2.75) is 25.8 Å². The summed E-state index contributed by atoms with van der Waals surface area (Å²) in [5.41, 5.74) is 1.82. The lowest BCUT2D eigenvalue weighted by molar-refractivity contribution is 0.326. The van der Waals surface area contributed by atoms with Crippen LogP contribution >= 0.6 is 23.2 Å². The van der Waals surface area contributed by atoms with Crippen molar-refractivity contribution in [2.75, 3.05) is 13.1 Å². The van der Waals surface area contributed by atoms with Gasteiger partial charge in [0.2, 0.25) is 0 Å². The van der Waals surface area contributed by atoms with Crippen LogP contribution in [0.25, 0.3) is 0 Å². The van der Waals surface area contributed by atoms with Crippen LogP contribution in [0.4, 0.5) is 0 Å². The predicted molar refractivity (Wildman–Crippen MR) is 88.7 cm³/mol. The molecule has 1 aromatic heterocycles. The second kappa shape index (κ2) is 6.41. The zero-order valence-electron chi connectivity index (χ0n) is 12.3. The van der Waals surface area contributed by atoms with Crippen LogP contribution in [0.5, 0.6) is 0 Å². The van der Waals surface area contributed by atoms with Gasteiger partial charge in [-0.2, -0.15) is 0 Å². The van der Waals surface area contributed by atoms with Gasteiger partial charge in [-0.05, 0) is 31.5 Å². The number of halogens is 2. The van der Waals surface area contributed by atoms with Gasteiger partial charge in [-0.1, -0.05) is 35.3 Å². The molecule has 116 valence electrons. The third-order valence-electron chi connectivity index (χ3n) is 4.00. The molecule has 1 aromatic carbocycles. The number of likely N-dealkylation sites (tertiary alicyclic amines) is 1. The van der Waals surface area contributed by atoms with Gasteiger partial charge in [0.15, 0.2) is 0 Å². The van der Waals surface area contributed by atoms with Crippen molar-refractivity contribution in [3.8, 4) is 0 Å². The van der Waals surface area contributed by atoms with Gasteiger partial charge in [0.1, 0.15) is 5.82 Å². The Morgan fingerprint density at radius 3 is 3.00 bits per heavy atom. The zero-order valence-corrected chi connectivity index (χ0v) is 13.8. The van der Waals surface area contributed by atoms with E-state index in [0.29, 0.717) is 21.8 Å². The summed E-state index contributed by atoms with van der Waals surface area (Å²) in [7, 11) is 0. The van der Waals surface area contributed by atoms with Crippen molar-refractivity contribution in [3.63, 3.8) is 0 Å². The summed E-state index contributed by atoms with van der Waals surface area (Å²) >= 11 is 12.3. The molecule has 4 nitrogen and oxygen atoms in total. The van der Waals surface area contributed by atoms with E-state index in [0.717, 1.165) is 37.3 Å². The first kappa shape index (κ1) is 15.5. The SMILES string of the molecule is Cc1nc(C2CCN(Cc3cccc(Cl)c3Cl)C2)cc(=O)[nH]1. The minimum Gasteiger partial charge on any atom is -0.311 e. The Morgan fingerprint density at radius 1 is 1.41 bits per heavy atom. The highest BCUT2D eigenvalue weighted by molar-refractivity contribution is 6.42. The summed E-state index contributed by atoms with van der Waals surface area (Å²) < 4.78 is 0. The average molecular weight is 338 g/mol. The van der Waals surface area contributed by atoms with Crippen molar-refractivity contribution in [1.82, 2.24) is 14.9 Å². The molecule has 0 bridgehead atoms. The van der Waals surface area contributed by atoms with E-state index in [9.17, 15) is 4.79 Å². The molecule has 0 radical (unpaired) electrons. The van der Waals surface area contributed by atoms with Crippen LogP contribution < -0.4 is 5.56 Å². The van der Waals surface area contributed by atoms with E-state index in [2.05, 4.69) is 14.9 Å². The smallest absolute Gasteiger partial charge is 0.251 e. The van der Waals surface area contributed by atoms with Crippen molar-refractivity contribution >= 4 is 23.2 Å². The third kappa shape index (κ3) is 3.35. The molecule has 6 heteroatoms. The number of benzene rings is 1. The first-order valence-electron chi connectivity index (χ1n) is 7.26. The molecular formula is C16H17Cl2N3O. The monoisotopic (exact) mass is 337 g/mol. The molecule has 1 aliphatic heterocycles. The van der Waals surface area contributed by atoms with Gasteiger partial charge < -0.3 is 4.98 Å². The summed E-state index contributed by atoms with van der Waals surface area (Å²) in [4.78, 5) is 21.0. The van der Waals surface area contributed by atoms with Crippen LogP contribution in [-0.4, -0.2) is 28.0 Å². The van der Waals surface area contributed by atoms with E-state index in [4.69, 9.17) is 23.2 Å². The molecular weight excluding hydrogens is 321 g/mol. The first-order valence-corrected chi connectivity index (χ1v) is 8.01. The molecule has 1 saturated heterocycles. The highest BCUT2D eigenvalue weighted by atomic mass is 35.5. The Morgan fingerprint density at radius 2 is 2.23 bits per heavy atom. The molecule has 22 heavy (non-hydrogen) atoms. The summed E-state index contributed by atoms with van der Waals surface area (Å²) in [6, 6.07) is 7.31. The number of aryl methyl sites for hydroxylation is 1. The van der Waals surface area contributed by atoms with Gasteiger partial charge in [0, 0.05) is 25.1 Å². The summed E-state index contributed by atoms with van der Waals surface area (Å²) in [6.45, 7) is 4.40. The van der Waals surface area contributed by atoms with Crippen molar-refractivity contribution < 1.29 is 0 Å². The number of aromatic amines is 1. The van der Waals surface area contributed by atoms with Crippen LogP contribution in [0.2, 0.25) is 10.0 Å². The van der Waals surface area contributed by atoms with E-state index in [1.165, 1.54) is 0 Å². The van der Waals surface area contributed by atoms with Gasteiger partial charge in [-0.3, -0.25) is 9.69 Å². The lowest BCUT2D eigenvalue weighted by Gasteiger charge is -2.17. The van der Waals surface area contributed by atoms with Gasteiger partial charge in [0.25, 0.3) is 5.56 Å². The maximum atomic E-state index is 11.6. The Kier molecular flexibility index (Phi) is 4.52. The second-order valence-corrected chi connectivity index (χ2v) is 6.47. The Labute approximate surface area is 139 Å². The molecule has 1 unspecified atom stereocenters. The number of hydrogen-bond donors (Lipinski definition) is 1. The van der Waals surface area contributed by atoms with Crippen LogP contribution in [0.15, 0.2) is 29.1 Å². The highest BCUT2D eigenvalue weighted by Crippen LogP contribution is 2.30. The summed E-state index contributed by atoms with van der Waals surface area (Å²) in [6.07, 6.45) is 0.994. The van der Waals surface area contributed by atoms with E-state index in [-0.39, 0.29) is 5.56 Å². The van der Waals surface area contributed by atoms with Crippen LogP contribution in [-0.2, 0) is 6.54 Å². The van der Waals surface area contributed by atoms with Gasteiger partial charge in [0.05, 0.1) is 15.7 Å². The number of hydrogen-bond acceptors (Lipinski definition) is 3. The number of H-pyrrole nitrogens is 1. The molecule has 0 amide bonds.